The highest BCUT2D eigenvalue weighted by atomic mass is 16.5. The molecular formula is C10H18O2. The summed E-state index contributed by atoms with van der Waals surface area (Å²) in [6.07, 6.45) is 3.62. The lowest BCUT2D eigenvalue weighted by atomic mass is 10.0. The first-order chi connectivity index (χ1) is 5.65. The van der Waals surface area contributed by atoms with Crippen LogP contribution in [-0.4, -0.2) is 23.9 Å². The summed E-state index contributed by atoms with van der Waals surface area (Å²) >= 11 is 0. The van der Waals surface area contributed by atoms with Crippen LogP contribution in [0.5, 0.6) is 0 Å². The van der Waals surface area contributed by atoms with Crippen molar-refractivity contribution in [2.45, 2.75) is 45.3 Å². The molecule has 3 atom stereocenters. The van der Waals surface area contributed by atoms with Crippen LogP contribution >= 0.6 is 0 Å². The Morgan fingerprint density at radius 2 is 2.25 bits per heavy atom. The maximum atomic E-state index is 9.72. The zero-order valence-corrected chi connectivity index (χ0v) is 7.92. The molecule has 70 valence electrons. The minimum atomic E-state index is -0.0822. The topological polar surface area (TPSA) is 29.5 Å². The third-order valence-electron chi connectivity index (χ3n) is 3.42. The molecule has 2 heteroatoms. The van der Waals surface area contributed by atoms with E-state index < -0.39 is 0 Å². The van der Waals surface area contributed by atoms with Crippen LogP contribution in [0.25, 0.3) is 0 Å². The lowest BCUT2D eigenvalue weighted by molar-refractivity contribution is -0.00495. The quantitative estimate of drug-likeness (QED) is 0.696. The van der Waals surface area contributed by atoms with Gasteiger partial charge in [-0.1, -0.05) is 0 Å². The van der Waals surface area contributed by atoms with Crippen molar-refractivity contribution >= 4 is 0 Å². The maximum Gasteiger partial charge on any atom is 0.0621 e. The van der Waals surface area contributed by atoms with E-state index in [9.17, 15) is 5.11 Å². The van der Waals surface area contributed by atoms with E-state index in [-0.39, 0.29) is 11.5 Å². The summed E-state index contributed by atoms with van der Waals surface area (Å²) in [6.45, 7) is 4.88. The van der Waals surface area contributed by atoms with Crippen LogP contribution in [0.2, 0.25) is 0 Å². The van der Waals surface area contributed by atoms with Crippen LogP contribution in [-0.2, 0) is 4.74 Å². The first kappa shape index (κ1) is 8.52. The van der Waals surface area contributed by atoms with E-state index in [1.165, 1.54) is 12.8 Å². The van der Waals surface area contributed by atoms with Crippen LogP contribution in [0, 0.1) is 11.3 Å². The molecular weight excluding hydrogens is 152 g/mol. The minimum absolute atomic E-state index is 0.0822. The number of ether oxygens (including phenoxy) is 1. The average molecular weight is 170 g/mol. The van der Waals surface area contributed by atoms with Crippen molar-refractivity contribution in [1.82, 2.24) is 0 Å². The number of rotatable bonds is 3. The second kappa shape index (κ2) is 2.71. The van der Waals surface area contributed by atoms with Gasteiger partial charge in [0.05, 0.1) is 18.8 Å². The van der Waals surface area contributed by atoms with Gasteiger partial charge < -0.3 is 9.84 Å². The molecule has 2 fully saturated rings. The second-order valence-electron chi connectivity index (χ2n) is 4.59. The van der Waals surface area contributed by atoms with Gasteiger partial charge in [-0.2, -0.15) is 0 Å². The summed E-state index contributed by atoms with van der Waals surface area (Å²) < 4.78 is 5.58. The van der Waals surface area contributed by atoms with Crippen molar-refractivity contribution in [3.05, 3.63) is 0 Å². The Kier molecular flexibility index (Phi) is 1.92. The highest BCUT2D eigenvalue weighted by Crippen LogP contribution is 2.63. The SMILES string of the molecule is CC(C)OCC12CC1CCC2O. The molecule has 0 saturated heterocycles. The van der Waals surface area contributed by atoms with Crippen LogP contribution in [0.4, 0.5) is 0 Å². The zero-order chi connectivity index (χ0) is 8.77. The summed E-state index contributed by atoms with van der Waals surface area (Å²) in [5.41, 5.74) is 0.185. The fourth-order valence-electron chi connectivity index (χ4n) is 2.44. The molecule has 0 aliphatic heterocycles. The third kappa shape index (κ3) is 1.17. The number of fused-ring (bicyclic) bond motifs is 1. The molecule has 0 aromatic heterocycles. The average Bonchev–Trinajstić information content (AvgIpc) is 2.65. The van der Waals surface area contributed by atoms with E-state index in [2.05, 4.69) is 13.8 Å². The molecule has 0 aromatic carbocycles. The number of hydrogen-bond donors (Lipinski definition) is 1. The maximum absolute atomic E-state index is 9.72. The van der Waals surface area contributed by atoms with Crippen LogP contribution in [0.3, 0.4) is 0 Å². The summed E-state index contributed by atoms with van der Waals surface area (Å²) in [4.78, 5) is 0. The van der Waals surface area contributed by atoms with Gasteiger partial charge in [0.1, 0.15) is 0 Å². The van der Waals surface area contributed by atoms with Crippen molar-refractivity contribution in [3.8, 4) is 0 Å². The molecule has 2 saturated carbocycles. The molecule has 2 aliphatic carbocycles. The van der Waals surface area contributed by atoms with E-state index in [0.717, 1.165) is 18.9 Å². The van der Waals surface area contributed by atoms with Crippen molar-refractivity contribution in [3.63, 3.8) is 0 Å². The predicted octanol–water partition coefficient (Wildman–Crippen LogP) is 1.57. The Labute approximate surface area is 73.9 Å². The molecule has 0 aromatic rings. The zero-order valence-electron chi connectivity index (χ0n) is 7.92. The monoisotopic (exact) mass is 170 g/mol. The highest BCUT2D eigenvalue weighted by molar-refractivity contribution is 5.11. The Bertz CT molecular complexity index is 179. The van der Waals surface area contributed by atoms with Gasteiger partial charge in [0.2, 0.25) is 0 Å². The summed E-state index contributed by atoms with van der Waals surface area (Å²) in [5, 5.41) is 9.72. The molecule has 2 aliphatic rings. The Morgan fingerprint density at radius 3 is 2.67 bits per heavy atom. The Hall–Kier alpha value is -0.0800. The molecule has 0 heterocycles. The molecule has 0 bridgehead atoms. The first-order valence-electron chi connectivity index (χ1n) is 4.95. The largest absolute Gasteiger partial charge is 0.392 e. The number of aliphatic hydroxyl groups is 1. The Balaban J connectivity index is 1.87. The molecule has 0 radical (unpaired) electrons. The number of aliphatic hydroxyl groups excluding tert-OH is 1. The van der Waals surface area contributed by atoms with Crippen LogP contribution in [0.15, 0.2) is 0 Å². The van der Waals surface area contributed by atoms with Crippen LogP contribution < -0.4 is 0 Å². The molecule has 0 amide bonds. The Morgan fingerprint density at radius 1 is 1.50 bits per heavy atom. The minimum Gasteiger partial charge on any atom is -0.392 e. The summed E-state index contributed by atoms with van der Waals surface area (Å²) in [6, 6.07) is 0. The molecule has 1 N–H and O–H groups in total. The van der Waals surface area contributed by atoms with Gasteiger partial charge in [-0.3, -0.25) is 0 Å². The summed E-state index contributed by atoms with van der Waals surface area (Å²) in [5.74, 6) is 0.770. The van der Waals surface area contributed by atoms with E-state index in [1.807, 2.05) is 0 Å². The van der Waals surface area contributed by atoms with E-state index in [1.54, 1.807) is 0 Å². The third-order valence-corrected chi connectivity index (χ3v) is 3.42. The van der Waals surface area contributed by atoms with Crippen molar-refractivity contribution in [2.75, 3.05) is 6.61 Å². The van der Waals surface area contributed by atoms with Gasteiger partial charge in [-0.05, 0) is 39.0 Å². The fourth-order valence-corrected chi connectivity index (χ4v) is 2.44. The van der Waals surface area contributed by atoms with E-state index in [4.69, 9.17) is 4.74 Å². The van der Waals surface area contributed by atoms with Gasteiger partial charge in [-0.25, -0.2) is 0 Å². The predicted molar refractivity (Wildman–Crippen MR) is 46.9 cm³/mol. The lowest BCUT2D eigenvalue weighted by Crippen LogP contribution is -2.25. The van der Waals surface area contributed by atoms with Crippen molar-refractivity contribution in [1.29, 1.82) is 0 Å². The standard InChI is InChI=1S/C10H18O2/c1-7(2)12-6-10-5-8(10)3-4-9(10)11/h7-9,11H,3-6H2,1-2H3. The highest BCUT2D eigenvalue weighted by Gasteiger charge is 2.62. The molecule has 3 unspecified atom stereocenters. The molecule has 2 rings (SSSR count). The molecule has 2 nitrogen and oxygen atoms in total. The van der Waals surface area contributed by atoms with Gasteiger partial charge in [0, 0.05) is 5.41 Å². The fraction of sp³-hybridized carbons (Fsp3) is 1.00. The second-order valence-corrected chi connectivity index (χ2v) is 4.59. The number of hydrogen-bond acceptors (Lipinski definition) is 2. The molecule has 12 heavy (non-hydrogen) atoms. The van der Waals surface area contributed by atoms with Gasteiger partial charge in [0.15, 0.2) is 0 Å². The van der Waals surface area contributed by atoms with Gasteiger partial charge in [0.25, 0.3) is 0 Å². The van der Waals surface area contributed by atoms with Crippen molar-refractivity contribution < 1.29 is 9.84 Å². The molecule has 0 spiro atoms. The van der Waals surface area contributed by atoms with Crippen LogP contribution in [0.1, 0.15) is 33.1 Å². The normalized spacial score (nSPS) is 45.0. The van der Waals surface area contributed by atoms with E-state index >= 15 is 0 Å². The lowest BCUT2D eigenvalue weighted by Gasteiger charge is -2.19. The van der Waals surface area contributed by atoms with Crippen molar-refractivity contribution in [2.24, 2.45) is 11.3 Å². The first-order valence-corrected chi connectivity index (χ1v) is 4.95. The summed E-state index contributed by atoms with van der Waals surface area (Å²) in [7, 11) is 0. The van der Waals surface area contributed by atoms with Gasteiger partial charge >= 0.3 is 0 Å². The van der Waals surface area contributed by atoms with Gasteiger partial charge in [-0.15, -0.1) is 0 Å². The smallest absolute Gasteiger partial charge is 0.0621 e. The van der Waals surface area contributed by atoms with E-state index in [0.29, 0.717) is 6.10 Å².